The summed E-state index contributed by atoms with van der Waals surface area (Å²) in [5, 5.41) is 0. The summed E-state index contributed by atoms with van der Waals surface area (Å²) in [6.07, 6.45) is 2.77. The van der Waals surface area contributed by atoms with Gasteiger partial charge in [0, 0.05) is 0 Å². The fraction of sp³-hybridized carbons (Fsp3) is 1.00. The SMILES string of the molecule is [Rh][N]1CCCC1. The van der Waals surface area contributed by atoms with E-state index in [-0.39, 0.29) is 0 Å². The number of rotatable bonds is 0. The van der Waals surface area contributed by atoms with Gasteiger partial charge in [0.2, 0.25) is 0 Å². The molecule has 1 nitrogen and oxygen atoms in total. The van der Waals surface area contributed by atoms with Crippen molar-refractivity contribution in [3.63, 3.8) is 0 Å². The standard InChI is InChI=1S/C4H8N.Rh/c1-2-4-5-3-1;/h1-4H2;/q-1;+1. The monoisotopic (exact) mass is 173 g/mol. The first-order valence-corrected chi connectivity index (χ1v) is 3.01. The third-order valence-corrected chi connectivity index (χ3v) is 1.76. The molecule has 0 unspecified atom stereocenters. The summed E-state index contributed by atoms with van der Waals surface area (Å²) in [7, 11) is 0. The van der Waals surface area contributed by atoms with E-state index in [0.717, 1.165) is 0 Å². The van der Waals surface area contributed by atoms with Gasteiger partial charge in [-0.05, 0) is 0 Å². The molecule has 0 saturated carbocycles. The van der Waals surface area contributed by atoms with Gasteiger partial charge in [-0.1, -0.05) is 0 Å². The molecule has 0 aromatic heterocycles. The molecule has 0 amide bonds. The van der Waals surface area contributed by atoms with Gasteiger partial charge >= 0.3 is 48.1 Å². The summed E-state index contributed by atoms with van der Waals surface area (Å²) in [4.78, 5) is 0. The van der Waals surface area contributed by atoms with E-state index < -0.39 is 0 Å². The topological polar surface area (TPSA) is 3.24 Å². The Bertz CT molecular complexity index is 40.8. The van der Waals surface area contributed by atoms with E-state index in [9.17, 15) is 0 Å². The summed E-state index contributed by atoms with van der Waals surface area (Å²) in [6, 6.07) is 0. The van der Waals surface area contributed by atoms with Gasteiger partial charge in [-0.2, -0.15) is 0 Å². The molecule has 1 rings (SSSR count). The van der Waals surface area contributed by atoms with Crippen LogP contribution in [0.4, 0.5) is 0 Å². The van der Waals surface area contributed by atoms with Crippen LogP contribution in [-0.4, -0.2) is 16.7 Å². The van der Waals surface area contributed by atoms with Gasteiger partial charge < -0.3 is 0 Å². The fourth-order valence-electron chi connectivity index (χ4n) is 0.664. The van der Waals surface area contributed by atoms with E-state index >= 15 is 0 Å². The average molecular weight is 173 g/mol. The Labute approximate surface area is 48.6 Å². The molecular formula is C4H8NRh. The predicted octanol–water partition coefficient (Wildman–Crippen LogP) is 0.544. The molecule has 1 fully saturated rings. The quantitative estimate of drug-likeness (QED) is 0.483. The summed E-state index contributed by atoms with van der Waals surface area (Å²) in [6.45, 7) is 2.54. The molecule has 0 spiro atoms. The van der Waals surface area contributed by atoms with Crippen LogP contribution in [0, 0.1) is 0 Å². The predicted molar refractivity (Wildman–Crippen MR) is 20.8 cm³/mol. The first-order chi connectivity index (χ1) is 2.89. The van der Waals surface area contributed by atoms with Crippen LogP contribution in [0.15, 0.2) is 0 Å². The second-order valence-electron chi connectivity index (χ2n) is 1.59. The van der Waals surface area contributed by atoms with Gasteiger partial charge in [0.1, 0.15) is 0 Å². The van der Waals surface area contributed by atoms with E-state index in [1.165, 1.54) is 25.9 Å². The van der Waals surface area contributed by atoms with Crippen LogP contribution in [0.1, 0.15) is 12.8 Å². The molecular weight excluding hydrogens is 165 g/mol. The Balaban J connectivity index is 2.18. The van der Waals surface area contributed by atoms with Crippen molar-refractivity contribution in [1.29, 1.82) is 0 Å². The van der Waals surface area contributed by atoms with Crippen molar-refractivity contribution in [3.05, 3.63) is 0 Å². The molecule has 1 saturated heterocycles. The first-order valence-electron chi connectivity index (χ1n) is 2.28. The Morgan fingerprint density at radius 1 is 1.17 bits per heavy atom. The first kappa shape index (κ1) is 4.74. The molecule has 1 heterocycles. The molecule has 0 atom stereocenters. The van der Waals surface area contributed by atoms with Crippen molar-refractivity contribution < 1.29 is 18.5 Å². The summed E-state index contributed by atoms with van der Waals surface area (Å²) >= 11 is 2.88. The maximum absolute atomic E-state index is 2.88. The zero-order chi connectivity index (χ0) is 4.41. The minimum absolute atomic E-state index is 1.27. The molecule has 0 aliphatic carbocycles. The average Bonchev–Trinajstić information content (AvgIpc) is 1.86. The van der Waals surface area contributed by atoms with Crippen LogP contribution in [0.2, 0.25) is 0 Å². The molecule has 1 aliphatic rings. The van der Waals surface area contributed by atoms with Crippen molar-refractivity contribution in [2.75, 3.05) is 13.1 Å². The van der Waals surface area contributed by atoms with Crippen LogP contribution in [0.25, 0.3) is 0 Å². The molecule has 2 heteroatoms. The van der Waals surface area contributed by atoms with Crippen LogP contribution >= 0.6 is 0 Å². The van der Waals surface area contributed by atoms with Crippen LogP contribution in [0.3, 0.4) is 0 Å². The Kier molecular flexibility index (Phi) is 1.61. The van der Waals surface area contributed by atoms with Gasteiger partial charge in [0.05, 0.1) is 0 Å². The van der Waals surface area contributed by atoms with Crippen LogP contribution in [-0.2, 0) is 18.5 Å². The van der Waals surface area contributed by atoms with E-state index in [4.69, 9.17) is 0 Å². The third kappa shape index (κ3) is 1.02. The second-order valence-corrected chi connectivity index (χ2v) is 2.63. The summed E-state index contributed by atoms with van der Waals surface area (Å²) in [5.41, 5.74) is 0. The summed E-state index contributed by atoms with van der Waals surface area (Å²) in [5.74, 6) is 0. The Hall–Kier alpha value is 0.583. The molecule has 1 aliphatic heterocycles. The number of nitrogens with zero attached hydrogens (tertiary/aromatic N) is 1. The maximum atomic E-state index is 2.88. The normalized spacial score (nSPS) is 25.7. The zero-order valence-corrected chi connectivity index (χ0v) is 5.25. The third-order valence-electron chi connectivity index (χ3n) is 1.03. The van der Waals surface area contributed by atoms with Crippen LogP contribution in [0.5, 0.6) is 0 Å². The molecule has 38 valence electrons. The van der Waals surface area contributed by atoms with Gasteiger partial charge in [-0.3, -0.25) is 0 Å². The Morgan fingerprint density at radius 3 is 1.83 bits per heavy atom. The van der Waals surface area contributed by atoms with Gasteiger partial charge in [0.15, 0.2) is 0 Å². The molecule has 0 N–H and O–H groups in total. The van der Waals surface area contributed by atoms with Crippen molar-refractivity contribution >= 4 is 0 Å². The molecule has 6 heavy (non-hydrogen) atoms. The summed E-state index contributed by atoms with van der Waals surface area (Å²) < 4.78 is 2.25. The second kappa shape index (κ2) is 2.04. The van der Waals surface area contributed by atoms with Gasteiger partial charge in [0.25, 0.3) is 0 Å². The minimum atomic E-state index is 1.27. The van der Waals surface area contributed by atoms with Crippen molar-refractivity contribution in [1.82, 2.24) is 3.64 Å². The van der Waals surface area contributed by atoms with Crippen molar-refractivity contribution in [2.45, 2.75) is 12.8 Å². The molecule has 0 aromatic rings. The van der Waals surface area contributed by atoms with E-state index in [0.29, 0.717) is 0 Å². The van der Waals surface area contributed by atoms with Gasteiger partial charge in [-0.25, -0.2) is 0 Å². The van der Waals surface area contributed by atoms with E-state index in [2.05, 4.69) is 22.2 Å². The van der Waals surface area contributed by atoms with Crippen LogP contribution < -0.4 is 0 Å². The Morgan fingerprint density at radius 2 is 1.67 bits per heavy atom. The molecule has 0 bridgehead atoms. The van der Waals surface area contributed by atoms with E-state index in [1.54, 1.807) is 0 Å². The van der Waals surface area contributed by atoms with Crippen molar-refractivity contribution in [3.8, 4) is 0 Å². The van der Waals surface area contributed by atoms with E-state index in [1.807, 2.05) is 0 Å². The zero-order valence-electron chi connectivity index (χ0n) is 3.61. The fourth-order valence-corrected chi connectivity index (χ4v) is 1.18. The molecule has 0 radical (unpaired) electrons. The number of hydrogen-bond acceptors (Lipinski definition) is 1. The molecule has 0 aromatic carbocycles. The van der Waals surface area contributed by atoms with Crippen molar-refractivity contribution in [2.24, 2.45) is 0 Å². The number of hydrogen-bond donors (Lipinski definition) is 0. The van der Waals surface area contributed by atoms with Gasteiger partial charge in [-0.15, -0.1) is 0 Å².